The maximum Gasteiger partial charge on any atom is 0.351 e. The molecule has 0 spiro atoms. The van der Waals surface area contributed by atoms with Gasteiger partial charge in [-0.2, -0.15) is 0 Å². The van der Waals surface area contributed by atoms with Gasteiger partial charge in [0.05, 0.1) is 39.3 Å². The van der Waals surface area contributed by atoms with E-state index in [9.17, 15) is 0 Å². The Kier molecular flexibility index (Phi) is 4.77. The largest absolute Gasteiger partial charge is 0.374 e. The van der Waals surface area contributed by atoms with E-state index in [0.29, 0.717) is 0 Å². The first-order chi connectivity index (χ1) is 24.4. The Morgan fingerprint density at radius 2 is 0.980 bits per heavy atom. The van der Waals surface area contributed by atoms with Crippen LogP contribution in [0.1, 0.15) is 0 Å². The Balaban J connectivity index is 1.30. The van der Waals surface area contributed by atoms with E-state index in [0.717, 1.165) is 5.69 Å². The van der Waals surface area contributed by atoms with Gasteiger partial charge in [-0.05, 0) is 65.6 Å². The van der Waals surface area contributed by atoms with Crippen LogP contribution in [0.2, 0.25) is 0 Å². The molecule has 49 heavy (non-hydrogen) atoms. The summed E-state index contributed by atoms with van der Waals surface area (Å²) in [6.45, 7) is 0.0221. The van der Waals surface area contributed by atoms with Crippen LogP contribution in [0.4, 0.5) is 28.4 Å². The molecule has 0 saturated carbocycles. The zero-order valence-electron chi connectivity index (χ0n) is 26.5. The van der Waals surface area contributed by atoms with Gasteiger partial charge in [-0.3, -0.25) is 0 Å². The summed E-state index contributed by atoms with van der Waals surface area (Å²) in [5.41, 5.74) is 17.4. The summed E-state index contributed by atoms with van der Waals surface area (Å²) < 4.78 is 5.01. The summed E-state index contributed by atoms with van der Waals surface area (Å²) in [4.78, 5) is 5.19. The average molecular weight is 623 g/mol. The Morgan fingerprint density at radius 1 is 0.388 bits per heavy atom. The molecule has 0 bridgehead atoms. The highest BCUT2D eigenvalue weighted by Crippen LogP contribution is 2.53. The van der Waals surface area contributed by atoms with Crippen LogP contribution in [-0.4, -0.2) is 16.0 Å². The number of hydrogen-bond acceptors (Lipinski definition) is 2. The van der Waals surface area contributed by atoms with Crippen molar-refractivity contribution < 1.29 is 0 Å². The summed E-state index contributed by atoms with van der Waals surface area (Å²) in [6.07, 6.45) is 0. The molecule has 0 aliphatic carbocycles. The van der Waals surface area contributed by atoms with Crippen LogP contribution in [0.25, 0.3) is 55.2 Å². The number of rotatable bonds is 2. The second kappa shape index (κ2) is 9.12. The number of hydrogen-bond donors (Lipinski definition) is 0. The summed E-state index contributed by atoms with van der Waals surface area (Å²) in [5.74, 6) is 0. The number of nitrogens with zero attached hydrogens (tertiary/aromatic N) is 4. The topological polar surface area (TPSA) is 16.3 Å². The van der Waals surface area contributed by atoms with Crippen molar-refractivity contribution in [2.24, 2.45) is 0 Å². The van der Waals surface area contributed by atoms with Crippen molar-refractivity contribution in [3.63, 3.8) is 0 Å². The molecule has 9 aromatic rings. The lowest BCUT2D eigenvalue weighted by atomic mass is 9.44. The molecule has 5 heterocycles. The van der Waals surface area contributed by atoms with Gasteiger partial charge in [-0.15, -0.1) is 0 Å². The average Bonchev–Trinajstić information content (AvgIpc) is 3.70. The minimum absolute atomic E-state index is 0.0221. The van der Waals surface area contributed by atoms with E-state index < -0.39 is 0 Å². The third-order valence-electron chi connectivity index (χ3n) is 11.0. The Morgan fingerprint density at radius 3 is 1.84 bits per heavy atom. The Bertz CT molecular complexity index is 2860. The predicted octanol–water partition coefficient (Wildman–Crippen LogP) is 9.75. The molecule has 0 radical (unpaired) electrons. The second-order valence-corrected chi connectivity index (χ2v) is 13.3. The minimum Gasteiger partial charge on any atom is -0.374 e. The third-order valence-corrected chi connectivity index (χ3v) is 11.0. The van der Waals surface area contributed by atoms with Crippen molar-refractivity contribution in [1.82, 2.24) is 9.13 Å². The number of fused-ring (bicyclic) bond motifs is 12. The van der Waals surface area contributed by atoms with Crippen LogP contribution in [0.3, 0.4) is 0 Å². The standard InChI is InChI=1S/C44H27BN4/c1-2-14-28(15-3-1)46-34-21-7-4-17-30(34)32-20-13-27-40(42(32)46)47-39-26-12-19-31-29-16-5-9-23-36(29)49-38-25-11-10-24-37(38)48-35-22-8-6-18-33(35)43(47)44(48)45(49)41(31)39/h1-27H. The lowest BCUT2D eigenvalue weighted by Gasteiger charge is -2.47. The number of benzene rings is 7. The van der Waals surface area contributed by atoms with E-state index in [2.05, 4.69) is 183 Å². The van der Waals surface area contributed by atoms with Gasteiger partial charge in [-0.1, -0.05) is 109 Å². The zero-order chi connectivity index (χ0) is 31.8. The van der Waals surface area contributed by atoms with Gasteiger partial charge < -0.3 is 18.8 Å². The monoisotopic (exact) mass is 622 g/mol. The maximum atomic E-state index is 2.60. The molecule has 0 atom stereocenters. The molecule has 12 rings (SSSR count). The fourth-order valence-corrected chi connectivity index (χ4v) is 9.22. The fourth-order valence-electron chi connectivity index (χ4n) is 9.22. The molecule has 0 saturated heterocycles. The summed E-state index contributed by atoms with van der Waals surface area (Å²) in [5, 5.41) is 3.76. The Labute approximate surface area is 283 Å². The minimum atomic E-state index is 0.0221. The van der Waals surface area contributed by atoms with Crippen LogP contribution in [0.5, 0.6) is 0 Å². The molecule has 4 nitrogen and oxygen atoms in total. The SMILES string of the molecule is c1ccc(-n2c3ccccc3c3cccc(N4c5cccc6c5B5c7c4c4ccccc4n7-c4ccccc4N5c4ccccc4-6)c32)cc1. The highest BCUT2D eigenvalue weighted by Gasteiger charge is 2.50. The number of anilines is 5. The molecule has 2 aromatic heterocycles. The molecule has 0 unspecified atom stereocenters. The van der Waals surface area contributed by atoms with Crippen molar-refractivity contribution in [3.05, 3.63) is 164 Å². The predicted molar refractivity (Wildman–Crippen MR) is 205 cm³/mol. The molecule has 3 aliphatic heterocycles. The fraction of sp³-hybridized carbons (Fsp3) is 0. The molecular formula is C44H27BN4. The Hall–Kier alpha value is -6.46. The second-order valence-electron chi connectivity index (χ2n) is 13.3. The van der Waals surface area contributed by atoms with Crippen LogP contribution in [0.15, 0.2) is 164 Å². The summed E-state index contributed by atoms with van der Waals surface area (Å²) in [6, 6.07) is 60.3. The van der Waals surface area contributed by atoms with Crippen LogP contribution >= 0.6 is 0 Å². The molecule has 0 fully saturated rings. The molecule has 5 heteroatoms. The van der Waals surface area contributed by atoms with Gasteiger partial charge in [0, 0.05) is 44.4 Å². The van der Waals surface area contributed by atoms with Gasteiger partial charge in [-0.25, -0.2) is 0 Å². The van der Waals surface area contributed by atoms with E-state index in [-0.39, 0.29) is 6.85 Å². The van der Waals surface area contributed by atoms with Crippen molar-refractivity contribution in [2.75, 3.05) is 9.71 Å². The highest BCUT2D eigenvalue weighted by atomic mass is 15.2. The van der Waals surface area contributed by atoms with Crippen molar-refractivity contribution in [2.45, 2.75) is 0 Å². The van der Waals surface area contributed by atoms with Gasteiger partial charge in [0.2, 0.25) is 0 Å². The normalized spacial score (nSPS) is 13.6. The first-order valence-corrected chi connectivity index (χ1v) is 17.0. The molecule has 0 N–H and O–H groups in total. The molecule has 0 amide bonds. The van der Waals surface area contributed by atoms with E-state index in [1.165, 1.54) is 89.0 Å². The van der Waals surface area contributed by atoms with Crippen molar-refractivity contribution in [3.8, 4) is 22.5 Å². The van der Waals surface area contributed by atoms with Gasteiger partial charge in [0.1, 0.15) is 0 Å². The van der Waals surface area contributed by atoms with E-state index >= 15 is 0 Å². The summed E-state index contributed by atoms with van der Waals surface area (Å²) >= 11 is 0. The van der Waals surface area contributed by atoms with E-state index in [1.807, 2.05) is 0 Å². The number of aromatic nitrogens is 2. The van der Waals surface area contributed by atoms with Gasteiger partial charge in [0.15, 0.2) is 0 Å². The summed E-state index contributed by atoms with van der Waals surface area (Å²) in [7, 11) is 0. The molecule has 3 aliphatic rings. The zero-order valence-corrected chi connectivity index (χ0v) is 26.5. The van der Waals surface area contributed by atoms with Crippen LogP contribution in [0, 0.1) is 0 Å². The lowest BCUT2D eigenvalue weighted by Crippen LogP contribution is -2.65. The molecular weight excluding hydrogens is 595 g/mol. The van der Waals surface area contributed by atoms with Crippen LogP contribution in [-0.2, 0) is 0 Å². The third kappa shape index (κ3) is 3.07. The number of para-hydroxylation sites is 7. The smallest absolute Gasteiger partial charge is 0.351 e. The lowest BCUT2D eigenvalue weighted by molar-refractivity contribution is 1.11. The van der Waals surface area contributed by atoms with Gasteiger partial charge in [0.25, 0.3) is 0 Å². The highest BCUT2D eigenvalue weighted by molar-refractivity contribution is 6.94. The molecule has 7 aromatic carbocycles. The van der Waals surface area contributed by atoms with Crippen LogP contribution < -0.4 is 20.8 Å². The molecule has 226 valence electrons. The van der Waals surface area contributed by atoms with Crippen molar-refractivity contribution >= 4 is 79.0 Å². The maximum absolute atomic E-state index is 2.60. The van der Waals surface area contributed by atoms with E-state index in [1.54, 1.807) is 0 Å². The van der Waals surface area contributed by atoms with E-state index in [4.69, 9.17) is 0 Å². The first-order valence-electron chi connectivity index (χ1n) is 17.0. The van der Waals surface area contributed by atoms with Crippen molar-refractivity contribution in [1.29, 1.82) is 0 Å². The first kappa shape index (κ1) is 25.6. The van der Waals surface area contributed by atoms with Gasteiger partial charge >= 0.3 is 6.85 Å². The quantitative estimate of drug-likeness (QED) is 0.179.